The molecule has 3 heterocycles. The Hall–Kier alpha value is -2.82. The maximum Gasteiger partial charge on any atom is 0.229 e. The van der Waals surface area contributed by atoms with Crippen LogP contribution in [0.2, 0.25) is 0 Å². The summed E-state index contributed by atoms with van der Waals surface area (Å²) < 4.78 is 2.24. The van der Waals surface area contributed by atoms with Crippen molar-refractivity contribution in [1.29, 1.82) is 0 Å². The summed E-state index contributed by atoms with van der Waals surface area (Å²) >= 11 is 0. The van der Waals surface area contributed by atoms with E-state index in [0.717, 1.165) is 23.5 Å². The average Bonchev–Trinajstić information content (AvgIpc) is 3.23. The summed E-state index contributed by atoms with van der Waals surface area (Å²) in [5, 5.41) is 7.11. The molecule has 1 N–H and O–H groups in total. The van der Waals surface area contributed by atoms with Gasteiger partial charge in [-0.25, -0.2) is 0 Å². The zero-order valence-electron chi connectivity index (χ0n) is 13.6. The third kappa shape index (κ3) is 2.62. The number of nitrogens with zero attached hydrogens (tertiary/aromatic N) is 3. The highest BCUT2D eigenvalue weighted by Crippen LogP contribution is 2.32. The van der Waals surface area contributed by atoms with Crippen LogP contribution >= 0.6 is 0 Å². The van der Waals surface area contributed by atoms with Crippen molar-refractivity contribution in [3.63, 3.8) is 0 Å². The highest BCUT2D eigenvalue weighted by atomic mass is 16.2. The van der Waals surface area contributed by atoms with E-state index in [4.69, 9.17) is 0 Å². The Morgan fingerprint density at radius 3 is 2.79 bits per heavy atom. The van der Waals surface area contributed by atoms with Crippen LogP contribution in [0, 0.1) is 6.92 Å². The zero-order chi connectivity index (χ0) is 16.5. The Morgan fingerprint density at radius 1 is 1.21 bits per heavy atom. The van der Waals surface area contributed by atoms with Gasteiger partial charge in [0.05, 0.1) is 18.2 Å². The van der Waals surface area contributed by atoms with E-state index in [1.807, 2.05) is 36.1 Å². The molecule has 24 heavy (non-hydrogen) atoms. The van der Waals surface area contributed by atoms with Gasteiger partial charge in [-0.05, 0) is 30.7 Å². The first-order valence-electron chi connectivity index (χ1n) is 8.23. The number of carbonyl (C=O) groups is 1. The Kier molecular flexibility index (Phi) is 3.69. The first-order chi connectivity index (χ1) is 11.7. The first kappa shape index (κ1) is 14.8. The Balaban J connectivity index is 1.67. The van der Waals surface area contributed by atoms with Gasteiger partial charge in [-0.15, -0.1) is 0 Å². The van der Waals surface area contributed by atoms with Gasteiger partial charge in [-0.1, -0.05) is 30.3 Å². The molecule has 0 aliphatic carbocycles. The number of benzene rings is 1. The molecule has 3 aromatic rings. The molecule has 1 aliphatic rings. The van der Waals surface area contributed by atoms with Gasteiger partial charge in [-0.3, -0.25) is 9.89 Å². The monoisotopic (exact) mass is 320 g/mol. The summed E-state index contributed by atoms with van der Waals surface area (Å²) in [6.07, 6.45) is 2.42. The van der Waals surface area contributed by atoms with Crippen LogP contribution in [0.15, 0.2) is 54.7 Å². The normalized spacial score (nSPS) is 16.9. The van der Waals surface area contributed by atoms with E-state index >= 15 is 0 Å². The third-order valence-electron chi connectivity index (χ3n) is 4.57. The summed E-state index contributed by atoms with van der Waals surface area (Å²) in [4.78, 5) is 14.9. The first-order valence-corrected chi connectivity index (χ1v) is 8.23. The van der Waals surface area contributed by atoms with E-state index in [9.17, 15) is 4.79 Å². The number of amides is 1. The van der Waals surface area contributed by atoms with Gasteiger partial charge < -0.3 is 9.47 Å². The van der Waals surface area contributed by atoms with Crippen LogP contribution in [0.1, 0.15) is 28.7 Å². The fraction of sp³-hybridized carbons (Fsp3) is 0.263. The number of fused-ring (bicyclic) bond motifs is 1. The van der Waals surface area contributed by atoms with Gasteiger partial charge in [-0.2, -0.15) is 5.10 Å². The fourth-order valence-electron chi connectivity index (χ4n) is 3.46. The SMILES string of the molecule is Cc1cc(CC(=O)N2CCn3cccc3[C@@H]2c2ccccc2)n[nH]1. The van der Waals surface area contributed by atoms with Crippen LogP contribution in [0.5, 0.6) is 0 Å². The standard InChI is InChI=1S/C19H20N4O/c1-14-12-16(21-20-14)13-18(24)23-11-10-22-9-5-8-17(22)19(23)15-6-3-2-4-7-15/h2-9,12,19H,10-11,13H2,1H3,(H,20,21)/t19-/m0/s1. The maximum absolute atomic E-state index is 13.0. The van der Waals surface area contributed by atoms with E-state index in [2.05, 4.69) is 45.2 Å². The van der Waals surface area contributed by atoms with Crippen LogP contribution in [0.3, 0.4) is 0 Å². The number of nitrogens with one attached hydrogen (secondary N) is 1. The second kappa shape index (κ2) is 6.00. The molecule has 5 nitrogen and oxygen atoms in total. The van der Waals surface area contributed by atoms with Crippen molar-refractivity contribution >= 4 is 5.91 Å². The maximum atomic E-state index is 13.0. The fourth-order valence-corrected chi connectivity index (χ4v) is 3.46. The highest BCUT2D eigenvalue weighted by molar-refractivity contribution is 5.79. The largest absolute Gasteiger partial charge is 0.348 e. The number of H-pyrrole nitrogens is 1. The average molecular weight is 320 g/mol. The van der Waals surface area contributed by atoms with Crippen molar-refractivity contribution in [2.45, 2.75) is 25.9 Å². The molecular weight excluding hydrogens is 300 g/mol. The molecule has 4 rings (SSSR count). The summed E-state index contributed by atoms with van der Waals surface area (Å²) in [6.45, 7) is 3.49. The molecule has 122 valence electrons. The highest BCUT2D eigenvalue weighted by Gasteiger charge is 2.32. The second-order valence-electron chi connectivity index (χ2n) is 6.25. The topological polar surface area (TPSA) is 53.9 Å². The van der Waals surface area contributed by atoms with Gasteiger partial charge in [0.15, 0.2) is 0 Å². The summed E-state index contributed by atoms with van der Waals surface area (Å²) in [6, 6.07) is 16.3. The lowest BCUT2D eigenvalue weighted by Gasteiger charge is -2.37. The number of aromatic amines is 1. The predicted molar refractivity (Wildman–Crippen MR) is 91.5 cm³/mol. The minimum atomic E-state index is -0.0394. The van der Waals surface area contributed by atoms with Crippen molar-refractivity contribution in [2.24, 2.45) is 0 Å². The number of rotatable bonds is 3. The Morgan fingerprint density at radius 2 is 2.04 bits per heavy atom. The van der Waals surface area contributed by atoms with E-state index in [-0.39, 0.29) is 11.9 Å². The van der Waals surface area contributed by atoms with E-state index in [1.54, 1.807) is 0 Å². The summed E-state index contributed by atoms with van der Waals surface area (Å²) in [5.41, 5.74) is 4.08. The van der Waals surface area contributed by atoms with Crippen LogP contribution < -0.4 is 0 Å². The van der Waals surface area contributed by atoms with E-state index < -0.39 is 0 Å². The van der Waals surface area contributed by atoms with Crippen LogP contribution in [-0.4, -0.2) is 32.1 Å². The Bertz CT molecular complexity index is 849. The summed E-state index contributed by atoms with van der Waals surface area (Å²) in [5.74, 6) is 0.114. The van der Waals surface area contributed by atoms with E-state index in [0.29, 0.717) is 13.0 Å². The second-order valence-corrected chi connectivity index (χ2v) is 6.25. The smallest absolute Gasteiger partial charge is 0.229 e. The number of carbonyl (C=O) groups excluding carboxylic acids is 1. The lowest BCUT2D eigenvalue weighted by atomic mass is 9.99. The molecule has 5 heteroatoms. The molecule has 2 aromatic heterocycles. The van der Waals surface area contributed by atoms with Gasteiger partial charge in [0, 0.05) is 30.7 Å². The van der Waals surface area contributed by atoms with Gasteiger partial charge in [0.2, 0.25) is 5.91 Å². The number of aromatic nitrogens is 3. The van der Waals surface area contributed by atoms with E-state index in [1.165, 1.54) is 5.69 Å². The van der Waals surface area contributed by atoms with Crippen LogP contribution in [-0.2, 0) is 17.8 Å². The zero-order valence-corrected chi connectivity index (χ0v) is 13.6. The minimum absolute atomic E-state index is 0.0394. The summed E-state index contributed by atoms with van der Waals surface area (Å²) in [7, 11) is 0. The molecule has 0 unspecified atom stereocenters. The van der Waals surface area contributed by atoms with Crippen LogP contribution in [0.4, 0.5) is 0 Å². The molecule has 0 saturated carbocycles. The Labute approximate surface area is 140 Å². The number of hydrogen-bond acceptors (Lipinski definition) is 2. The third-order valence-corrected chi connectivity index (χ3v) is 4.57. The van der Waals surface area contributed by atoms with Crippen molar-refractivity contribution in [3.05, 3.63) is 77.4 Å². The van der Waals surface area contributed by atoms with Gasteiger partial charge >= 0.3 is 0 Å². The molecule has 1 atom stereocenters. The van der Waals surface area contributed by atoms with Gasteiger partial charge in [0.1, 0.15) is 0 Å². The molecule has 0 bridgehead atoms. The lowest BCUT2D eigenvalue weighted by molar-refractivity contribution is -0.133. The lowest BCUT2D eigenvalue weighted by Crippen LogP contribution is -2.43. The number of hydrogen-bond donors (Lipinski definition) is 1. The molecule has 1 amide bonds. The van der Waals surface area contributed by atoms with Crippen molar-refractivity contribution in [2.75, 3.05) is 6.54 Å². The van der Waals surface area contributed by atoms with Gasteiger partial charge in [0.25, 0.3) is 0 Å². The quantitative estimate of drug-likeness (QED) is 0.807. The van der Waals surface area contributed by atoms with Crippen molar-refractivity contribution in [3.8, 4) is 0 Å². The molecular formula is C19H20N4O. The van der Waals surface area contributed by atoms with Crippen molar-refractivity contribution in [1.82, 2.24) is 19.7 Å². The van der Waals surface area contributed by atoms with Crippen LogP contribution in [0.25, 0.3) is 0 Å². The van der Waals surface area contributed by atoms with Crippen molar-refractivity contribution < 1.29 is 4.79 Å². The molecule has 0 spiro atoms. The number of aryl methyl sites for hydroxylation is 1. The molecule has 0 fully saturated rings. The molecule has 0 saturated heterocycles. The molecule has 1 aromatic carbocycles. The molecule has 0 radical (unpaired) electrons. The molecule has 1 aliphatic heterocycles. The minimum Gasteiger partial charge on any atom is -0.348 e. The predicted octanol–water partition coefficient (Wildman–Crippen LogP) is 2.69.